The summed E-state index contributed by atoms with van der Waals surface area (Å²) in [6.07, 6.45) is 3.27. The standard InChI is InChI=1S/C14H20N2OS/c1-3-13(11-18-2)16-10-12-4-6-14(7-5-12)17-9-8-15/h4-7,13,16H,3,9-11H2,1-2H3. The number of rotatable bonds is 8. The zero-order valence-electron chi connectivity index (χ0n) is 11.0. The first-order chi connectivity index (χ1) is 8.80. The van der Waals surface area contributed by atoms with E-state index in [-0.39, 0.29) is 6.61 Å². The molecule has 0 saturated carbocycles. The molecule has 98 valence electrons. The summed E-state index contributed by atoms with van der Waals surface area (Å²) >= 11 is 1.87. The van der Waals surface area contributed by atoms with Crippen molar-refractivity contribution in [2.75, 3.05) is 18.6 Å². The second kappa shape index (κ2) is 8.84. The molecular weight excluding hydrogens is 244 g/mol. The molecule has 0 radical (unpaired) electrons. The Labute approximate surface area is 114 Å². The van der Waals surface area contributed by atoms with Gasteiger partial charge >= 0.3 is 0 Å². The van der Waals surface area contributed by atoms with E-state index in [1.165, 1.54) is 5.56 Å². The summed E-state index contributed by atoms with van der Waals surface area (Å²) in [6, 6.07) is 10.4. The van der Waals surface area contributed by atoms with Gasteiger partial charge in [-0.1, -0.05) is 19.1 Å². The summed E-state index contributed by atoms with van der Waals surface area (Å²) in [5, 5.41) is 12.0. The van der Waals surface area contributed by atoms with Crippen molar-refractivity contribution in [3.8, 4) is 11.8 Å². The van der Waals surface area contributed by atoms with Crippen LogP contribution in [0.2, 0.25) is 0 Å². The second-order valence-electron chi connectivity index (χ2n) is 4.03. The van der Waals surface area contributed by atoms with Crippen LogP contribution < -0.4 is 10.1 Å². The summed E-state index contributed by atoms with van der Waals surface area (Å²) < 4.78 is 5.21. The monoisotopic (exact) mass is 264 g/mol. The Kier molecular flexibility index (Phi) is 7.31. The van der Waals surface area contributed by atoms with Gasteiger partial charge in [-0.25, -0.2) is 0 Å². The van der Waals surface area contributed by atoms with Gasteiger partial charge in [-0.05, 0) is 30.4 Å². The molecule has 3 nitrogen and oxygen atoms in total. The molecular formula is C14H20N2OS. The van der Waals surface area contributed by atoms with Crippen LogP contribution >= 0.6 is 11.8 Å². The minimum absolute atomic E-state index is 0.100. The summed E-state index contributed by atoms with van der Waals surface area (Å²) in [5.74, 6) is 1.89. The van der Waals surface area contributed by atoms with Gasteiger partial charge in [-0.15, -0.1) is 0 Å². The Morgan fingerprint density at radius 2 is 2.11 bits per heavy atom. The maximum Gasteiger partial charge on any atom is 0.174 e. The largest absolute Gasteiger partial charge is 0.479 e. The van der Waals surface area contributed by atoms with Crippen molar-refractivity contribution in [1.82, 2.24) is 5.32 Å². The first kappa shape index (κ1) is 14.9. The average Bonchev–Trinajstić information content (AvgIpc) is 2.42. The molecule has 1 rings (SSSR count). The first-order valence-corrected chi connectivity index (χ1v) is 7.50. The molecule has 0 spiro atoms. The van der Waals surface area contributed by atoms with E-state index in [4.69, 9.17) is 10.00 Å². The van der Waals surface area contributed by atoms with Gasteiger partial charge in [0.25, 0.3) is 0 Å². The number of nitrogens with one attached hydrogen (secondary N) is 1. The van der Waals surface area contributed by atoms with E-state index in [2.05, 4.69) is 18.5 Å². The van der Waals surface area contributed by atoms with E-state index < -0.39 is 0 Å². The average molecular weight is 264 g/mol. The summed E-state index contributed by atoms with van der Waals surface area (Å²) in [7, 11) is 0. The minimum Gasteiger partial charge on any atom is -0.479 e. The minimum atomic E-state index is 0.100. The molecule has 4 heteroatoms. The van der Waals surface area contributed by atoms with E-state index in [1.54, 1.807) is 0 Å². The Bertz CT molecular complexity index is 372. The fourth-order valence-corrected chi connectivity index (χ4v) is 2.36. The SMILES string of the molecule is CCC(CSC)NCc1ccc(OCC#N)cc1. The van der Waals surface area contributed by atoms with Crippen LogP contribution in [-0.2, 0) is 6.54 Å². The van der Waals surface area contributed by atoms with Crippen LogP contribution in [0, 0.1) is 11.3 Å². The predicted molar refractivity (Wildman–Crippen MR) is 76.9 cm³/mol. The summed E-state index contributed by atoms with van der Waals surface area (Å²) in [6.45, 7) is 3.17. The molecule has 1 unspecified atom stereocenters. The maximum absolute atomic E-state index is 8.42. The quantitative estimate of drug-likeness (QED) is 0.784. The highest BCUT2D eigenvalue weighted by atomic mass is 32.2. The van der Waals surface area contributed by atoms with Crippen LogP contribution in [0.1, 0.15) is 18.9 Å². The molecule has 0 amide bonds. The van der Waals surface area contributed by atoms with Crippen LogP contribution in [0.25, 0.3) is 0 Å². The lowest BCUT2D eigenvalue weighted by Gasteiger charge is -2.15. The van der Waals surface area contributed by atoms with E-state index >= 15 is 0 Å². The lowest BCUT2D eigenvalue weighted by molar-refractivity contribution is 0.368. The molecule has 0 heterocycles. The smallest absolute Gasteiger partial charge is 0.174 e. The molecule has 1 atom stereocenters. The highest BCUT2D eigenvalue weighted by Gasteiger charge is 2.04. The van der Waals surface area contributed by atoms with E-state index in [0.29, 0.717) is 6.04 Å². The molecule has 0 aliphatic rings. The Balaban J connectivity index is 2.41. The lowest BCUT2D eigenvalue weighted by Crippen LogP contribution is -2.30. The van der Waals surface area contributed by atoms with Crippen LogP contribution in [0.3, 0.4) is 0 Å². The van der Waals surface area contributed by atoms with Crippen molar-refractivity contribution in [2.24, 2.45) is 0 Å². The highest BCUT2D eigenvalue weighted by molar-refractivity contribution is 7.98. The number of hydrogen-bond donors (Lipinski definition) is 1. The van der Waals surface area contributed by atoms with E-state index in [1.807, 2.05) is 42.1 Å². The number of nitriles is 1. The molecule has 1 N–H and O–H groups in total. The molecule has 0 aliphatic heterocycles. The molecule has 1 aromatic rings. The molecule has 0 bridgehead atoms. The lowest BCUT2D eigenvalue weighted by atomic mass is 10.2. The van der Waals surface area contributed by atoms with Crippen LogP contribution in [0.15, 0.2) is 24.3 Å². The van der Waals surface area contributed by atoms with Crippen molar-refractivity contribution in [3.05, 3.63) is 29.8 Å². The van der Waals surface area contributed by atoms with E-state index in [9.17, 15) is 0 Å². The topological polar surface area (TPSA) is 45.0 Å². The van der Waals surface area contributed by atoms with Crippen molar-refractivity contribution in [2.45, 2.75) is 25.9 Å². The van der Waals surface area contributed by atoms with Crippen molar-refractivity contribution < 1.29 is 4.74 Å². The number of nitrogens with zero attached hydrogens (tertiary/aromatic N) is 1. The molecule has 0 fully saturated rings. The summed E-state index contributed by atoms with van der Waals surface area (Å²) in [5.41, 5.74) is 1.24. The zero-order chi connectivity index (χ0) is 13.2. The van der Waals surface area contributed by atoms with Gasteiger partial charge in [0.05, 0.1) is 0 Å². The predicted octanol–water partition coefficient (Wildman–Crippen LogP) is 2.82. The fourth-order valence-electron chi connectivity index (χ4n) is 1.60. The third-order valence-corrected chi connectivity index (χ3v) is 3.42. The Morgan fingerprint density at radius 1 is 1.39 bits per heavy atom. The molecule has 0 aliphatic carbocycles. The third kappa shape index (κ3) is 5.44. The van der Waals surface area contributed by atoms with Gasteiger partial charge in [0.15, 0.2) is 6.61 Å². The van der Waals surface area contributed by atoms with Crippen LogP contribution in [0.5, 0.6) is 5.75 Å². The van der Waals surface area contributed by atoms with E-state index in [0.717, 1.165) is 24.5 Å². The fraction of sp³-hybridized carbons (Fsp3) is 0.500. The highest BCUT2D eigenvalue weighted by Crippen LogP contribution is 2.12. The molecule has 18 heavy (non-hydrogen) atoms. The zero-order valence-corrected chi connectivity index (χ0v) is 11.8. The summed E-state index contributed by atoms with van der Waals surface area (Å²) in [4.78, 5) is 0. The first-order valence-electron chi connectivity index (χ1n) is 6.11. The molecule has 0 aromatic heterocycles. The molecule has 1 aromatic carbocycles. The maximum atomic E-state index is 8.42. The van der Waals surface area contributed by atoms with Crippen LogP contribution in [0.4, 0.5) is 0 Å². The van der Waals surface area contributed by atoms with Gasteiger partial charge in [0.2, 0.25) is 0 Å². The van der Waals surface area contributed by atoms with Gasteiger partial charge in [-0.2, -0.15) is 17.0 Å². The van der Waals surface area contributed by atoms with Gasteiger partial charge < -0.3 is 10.1 Å². The van der Waals surface area contributed by atoms with Gasteiger partial charge in [-0.3, -0.25) is 0 Å². The normalized spacial score (nSPS) is 11.8. The third-order valence-electron chi connectivity index (χ3n) is 2.68. The number of ether oxygens (including phenoxy) is 1. The Morgan fingerprint density at radius 3 is 2.67 bits per heavy atom. The second-order valence-corrected chi connectivity index (χ2v) is 4.94. The van der Waals surface area contributed by atoms with Gasteiger partial charge in [0.1, 0.15) is 11.8 Å². The van der Waals surface area contributed by atoms with Gasteiger partial charge in [0, 0.05) is 18.3 Å². The van der Waals surface area contributed by atoms with Crippen molar-refractivity contribution >= 4 is 11.8 Å². The number of benzene rings is 1. The Hall–Kier alpha value is -1.18. The van der Waals surface area contributed by atoms with Crippen LogP contribution in [-0.4, -0.2) is 24.7 Å². The number of hydrogen-bond acceptors (Lipinski definition) is 4. The molecule has 0 saturated heterocycles. The van der Waals surface area contributed by atoms with Crippen molar-refractivity contribution in [3.63, 3.8) is 0 Å². The number of thioether (sulfide) groups is 1. The van der Waals surface area contributed by atoms with Crippen molar-refractivity contribution in [1.29, 1.82) is 5.26 Å².